The van der Waals surface area contributed by atoms with Gasteiger partial charge in [0.05, 0.1) is 26.7 Å². The van der Waals surface area contributed by atoms with Gasteiger partial charge in [0.15, 0.2) is 5.78 Å². The second-order valence-electron chi connectivity index (χ2n) is 4.52. The highest BCUT2D eigenvalue weighted by Crippen LogP contribution is 2.32. The Kier molecular flexibility index (Phi) is 3.92. The van der Waals surface area contributed by atoms with Gasteiger partial charge in [-0.2, -0.15) is 13.2 Å². The second-order valence-corrected chi connectivity index (χ2v) is 6.23. The summed E-state index contributed by atoms with van der Waals surface area (Å²) in [5.74, 6) is -1.13. The monoisotopic (exact) mass is 318 g/mol. The molecule has 0 amide bonds. The number of ketones is 1. The van der Waals surface area contributed by atoms with Crippen LogP contribution < -0.4 is 0 Å². The predicted molar refractivity (Wildman–Crippen MR) is 72.7 cm³/mol. The first-order chi connectivity index (χ1) is 9.66. The third-order valence-electron chi connectivity index (χ3n) is 3.12. The predicted octanol–water partition coefficient (Wildman–Crippen LogP) is 2.92. The number of carbonyl (C=O) groups excluding carboxylic acids is 1. The summed E-state index contributed by atoms with van der Waals surface area (Å²) in [5.41, 5.74) is 0.408. The number of hydrogen-bond donors (Lipinski definition) is 0. The van der Waals surface area contributed by atoms with Crippen LogP contribution in [0.3, 0.4) is 0 Å². The zero-order valence-electron chi connectivity index (χ0n) is 11.6. The summed E-state index contributed by atoms with van der Waals surface area (Å²) in [6, 6.07) is 2.63. The number of imidazole rings is 1. The second kappa shape index (κ2) is 5.25. The van der Waals surface area contributed by atoms with Gasteiger partial charge in [0.25, 0.3) is 0 Å². The summed E-state index contributed by atoms with van der Waals surface area (Å²) in [4.78, 5) is 15.4. The minimum atomic E-state index is -4.59. The van der Waals surface area contributed by atoms with Gasteiger partial charge in [0.1, 0.15) is 0 Å². The highest BCUT2D eigenvalue weighted by Gasteiger charge is 2.37. The smallest absolute Gasteiger partial charge is 0.323 e. The summed E-state index contributed by atoms with van der Waals surface area (Å²) in [6.45, 7) is 2.96. The number of carbonyl (C=O) groups is 1. The van der Waals surface area contributed by atoms with Crippen LogP contribution in [-0.2, 0) is 24.0 Å². The van der Waals surface area contributed by atoms with E-state index in [1.807, 2.05) is 0 Å². The lowest BCUT2D eigenvalue weighted by molar-refractivity contribution is -0.146. The number of nitrogens with zero attached hydrogens (tertiary/aromatic N) is 2. The Balaban J connectivity index is 2.81. The van der Waals surface area contributed by atoms with Gasteiger partial charge in [-0.25, -0.2) is 4.98 Å². The molecule has 0 spiro atoms. The molecule has 0 aliphatic heterocycles. The van der Waals surface area contributed by atoms with Crippen molar-refractivity contribution in [1.29, 1.82) is 0 Å². The molecule has 0 saturated heterocycles. The molecule has 0 bridgehead atoms. The number of rotatable bonds is 3. The van der Waals surface area contributed by atoms with E-state index >= 15 is 0 Å². The Hall–Kier alpha value is -1.70. The fourth-order valence-electron chi connectivity index (χ4n) is 2.09. The van der Waals surface area contributed by atoms with Crippen molar-refractivity contribution < 1.29 is 22.2 Å². The highest BCUT2D eigenvalue weighted by molar-refractivity contribution is 7.85. The van der Waals surface area contributed by atoms with Crippen LogP contribution in [0.25, 0.3) is 11.0 Å². The molecule has 8 heteroatoms. The Labute approximate surface area is 121 Å². The standard InChI is InChI=1S/C13H13F3N2O2S/c1-4-21(20)11-6-10-9(5-8(11)7(2)19)17-12(18(10)3)13(14,15)16/h5-6H,4H2,1-3H3. The van der Waals surface area contributed by atoms with E-state index in [-0.39, 0.29) is 33.0 Å². The van der Waals surface area contributed by atoms with Crippen molar-refractivity contribution in [2.24, 2.45) is 7.05 Å². The first-order valence-corrected chi connectivity index (χ1v) is 7.45. The van der Waals surface area contributed by atoms with Gasteiger partial charge in [-0.05, 0) is 19.1 Å². The van der Waals surface area contributed by atoms with Crippen LogP contribution in [0.2, 0.25) is 0 Å². The Morgan fingerprint density at radius 1 is 1.38 bits per heavy atom. The minimum absolute atomic E-state index is 0.0619. The van der Waals surface area contributed by atoms with E-state index in [9.17, 15) is 22.2 Å². The molecule has 4 nitrogen and oxygen atoms in total. The van der Waals surface area contributed by atoms with Crippen LogP contribution in [-0.4, -0.2) is 25.3 Å². The maximum absolute atomic E-state index is 12.9. The van der Waals surface area contributed by atoms with Crippen LogP contribution in [0.5, 0.6) is 0 Å². The van der Waals surface area contributed by atoms with Gasteiger partial charge in [-0.15, -0.1) is 0 Å². The van der Waals surface area contributed by atoms with Crippen molar-refractivity contribution in [2.75, 3.05) is 5.75 Å². The molecule has 0 N–H and O–H groups in total. The molecule has 1 atom stereocenters. The summed E-state index contributed by atoms with van der Waals surface area (Å²) < 4.78 is 51.5. The fourth-order valence-corrected chi connectivity index (χ4v) is 3.09. The lowest BCUT2D eigenvalue weighted by Crippen LogP contribution is -2.12. The maximum atomic E-state index is 12.9. The average molecular weight is 318 g/mol. The highest BCUT2D eigenvalue weighted by atomic mass is 32.2. The number of Topliss-reactive ketones (excluding diaryl/α,β-unsaturated/α-hetero) is 1. The molecular formula is C13H13F3N2O2S. The largest absolute Gasteiger partial charge is 0.449 e. The number of alkyl halides is 3. The van der Waals surface area contributed by atoms with Crippen molar-refractivity contribution in [1.82, 2.24) is 9.55 Å². The van der Waals surface area contributed by atoms with E-state index in [2.05, 4.69) is 4.98 Å². The van der Waals surface area contributed by atoms with Crippen molar-refractivity contribution in [2.45, 2.75) is 24.9 Å². The van der Waals surface area contributed by atoms with Crippen LogP contribution in [0.4, 0.5) is 13.2 Å². The van der Waals surface area contributed by atoms with E-state index in [1.165, 1.54) is 26.1 Å². The van der Waals surface area contributed by atoms with E-state index in [1.54, 1.807) is 6.92 Å². The quantitative estimate of drug-likeness (QED) is 0.818. The summed E-state index contributed by atoms with van der Waals surface area (Å²) in [5, 5.41) is 0. The minimum Gasteiger partial charge on any atom is -0.323 e. The molecule has 1 aromatic carbocycles. The Morgan fingerprint density at radius 2 is 2.00 bits per heavy atom. The van der Waals surface area contributed by atoms with Crippen LogP contribution in [0.1, 0.15) is 30.0 Å². The third-order valence-corrected chi connectivity index (χ3v) is 4.48. The zero-order valence-corrected chi connectivity index (χ0v) is 12.4. The topological polar surface area (TPSA) is 52.0 Å². The first kappa shape index (κ1) is 15.7. The molecule has 2 aromatic rings. The SMILES string of the molecule is CCS(=O)c1cc2c(cc1C(C)=O)nc(C(F)(F)F)n2C. The van der Waals surface area contributed by atoms with Gasteiger partial charge in [0.2, 0.25) is 5.82 Å². The lowest BCUT2D eigenvalue weighted by Gasteiger charge is -2.07. The van der Waals surface area contributed by atoms with Gasteiger partial charge >= 0.3 is 6.18 Å². The number of benzene rings is 1. The normalized spacial score (nSPS) is 13.6. The molecule has 0 aliphatic rings. The van der Waals surface area contributed by atoms with E-state index in [4.69, 9.17) is 0 Å². The fraction of sp³-hybridized carbons (Fsp3) is 0.385. The Bertz CT molecular complexity index is 750. The van der Waals surface area contributed by atoms with Crippen molar-refractivity contribution >= 4 is 27.6 Å². The molecule has 1 unspecified atom stereocenters. The number of aryl methyl sites for hydroxylation is 1. The molecule has 0 saturated carbocycles. The molecule has 0 fully saturated rings. The summed E-state index contributed by atoms with van der Waals surface area (Å²) in [7, 11) is -0.202. The molecule has 21 heavy (non-hydrogen) atoms. The van der Waals surface area contributed by atoms with E-state index < -0.39 is 22.8 Å². The number of aromatic nitrogens is 2. The molecule has 1 aromatic heterocycles. The number of hydrogen-bond acceptors (Lipinski definition) is 3. The molecular weight excluding hydrogens is 305 g/mol. The van der Waals surface area contributed by atoms with Crippen molar-refractivity contribution in [3.63, 3.8) is 0 Å². The number of fused-ring (bicyclic) bond motifs is 1. The van der Waals surface area contributed by atoms with Gasteiger partial charge in [-0.3, -0.25) is 9.00 Å². The molecule has 0 aliphatic carbocycles. The summed E-state index contributed by atoms with van der Waals surface area (Å²) >= 11 is 0. The van der Waals surface area contributed by atoms with Crippen LogP contribution in [0, 0.1) is 0 Å². The van der Waals surface area contributed by atoms with Crippen LogP contribution >= 0.6 is 0 Å². The Morgan fingerprint density at radius 3 is 2.48 bits per heavy atom. The van der Waals surface area contributed by atoms with Crippen molar-refractivity contribution in [3.05, 3.63) is 23.5 Å². The maximum Gasteiger partial charge on any atom is 0.449 e. The molecule has 2 rings (SSSR count). The lowest BCUT2D eigenvalue weighted by atomic mass is 10.1. The van der Waals surface area contributed by atoms with Gasteiger partial charge in [-0.1, -0.05) is 6.92 Å². The first-order valence-electron chi connectivity index (χ1n) is 6.13. The molecule has 0 radical (unpaired) electrons. The van der Waals surface area contributed by atoms with Gasteiger partial charge < -0.3 is 4.57 Å². The van der Waals surface area contributed by atoms with Crippen molar-refractivity contribution in [3.8, 4) is 0 Å². The van der Waals surface area contributed by atoms with E-state index in [0.29, 0.717) is 0 Å². The zero-order chi connectivity index (χ0) is 15.9. The van der Waals surface area contributed by atoms with Gasteiger partial charge in [0, 0.05) is 18.4 Å². The third kappa shape index (κ3) is 2.72. The summed E-state index contributed by atoms with van der Waals surface area (Å²) in [6.07, 6.45) is -4.59. The average Bonchev–Trinajstić information content (AvgIpc) is 2.73. The van der Waals surface area contributed by atoms with E-state index in [0.717, 1.165) is 4.57 Å². The number of halogens is 3. The van der Waals surface area contributed by atoms with Crippen LogP contribution in [0.15, 0.2) is 17.0 Å². The molecule has 1 heterocycles. The molecule has 114 valence electrons.